The van der Waals surface area contributed by atoms with Gasteiger partial charge in [0.25, 0.3) is 5.69 Å². The van der Waals surface area contributed by atoms with Gasteiger partial charge >= 0.3 is 0 Å². The average molecular weight is 222 g/mol. The van der Waals surface area contributed by atoms with Crippen molar-refractivity contribution in [3.05, 3.63) is 33.9 Å². The van der Waals surface area contributed by atoms with Gasteiger partial charge in [-0.1, -0.05) is 6.07 Å². The Balaban J connectivity index is 2.20. The molecule has 1 heterocycles. The van der Waals surface area contributed by atoms with Crippen LogP contribution < -0.4 is 4.90 Å². The van der Waals surface area contributed by atoms with Crippen LogP contribution in [0.1, 0.15) is 5.56 Å². The number of nitro groups is 1. The van der Waals surface area contributed by atoms with E-state index in [9.17, 15) is 10.1 Å². The Hall–Kier alpha value is -1.62. The van der Waals surface area contributed by atoms with Crippen LogP contribution in [0, 0.1) is 23.0 Å². The molecule has 0 aliphatic carbocycles. The SMILES string of the molecule is Cc1ccc([N+](=O)[O-])cc1N1CC(CO)C1. The van der Waals surface area contributed by atoms with E-state index < -0.39 is 0 Å². The highest BCUT2D eigenvalue weighted by Gasteiger charge is 2.27. The Bertz CT molecular complexity index is 414. The monoisotopic (exact) mass is 222 g/mol. The molecule has 1 fully saturated rings. The van der Waals surface area contributed by atoms with E-state index >= 15 is 0 Å². The first-order valence-electron chi connectivity index (χ1n) is 5.22. The molecule has 1 aromatic rings. The van der Waals surface area contributed by atoms with Crippen LogP contribution in [0.3, 0.4) is 0 Å². The van der Waals surface area contributed by atoms with E-state index in [1.165, 1.54) is 6.07 Å². The molecule has 0 atom stereocenters. The number of hydrogen-bond acceptors (Lipinski definition) is 4. The summed E-state index contributed by atoms with van der Waals surface area (Å²) in [5.41, 5.74) is 2.05. The number of benzene rings is 1. The summed E-state index contributed by atoms with van der Waals surface area (Å²) in [5, 5.41) is 19.6. The highest BCUT2D eigenvalue weighted by Crippen LogP contribution is 2.30. The zero-order valence-corrected chi connectivity index (χ0v) is 9.09. The molecule has 86 valence electrons. The van der Waals surface area contributed by atoms with Crippen LogP contribution in [-0.2, 0) is 0 Å². The molecule has 5 nitrogen and oxygen atoms in total. The third kappa shape index (κ3) is 1.86. The minimum Gasteiger partial charge on any atom is -0.396 e. The van der Waals surface area contributed by atoms with E-state index in [1.807, 2.05) is 6.92 Å². The minimum atomic E-state index is -0.383. The molecule has 1 aliphatic heterocycles. The van der Waals surface area contributed by atoms with Crippen molar-refractivity contribution in [1.29, 1.82) is 0 Å². The van der Waals surface area contributed by atoms with E-state index in [-0.39, 0.29) is 17.2 Å². The predicted octanol–water partition coefficient (Wildman–Crippen LogP) is 1.33. The Morgan fingerprint density at radius 1 is 1.56 bits per heavy atom. The van der Waals surface area contributed by atoms with Gasteiger partial charge in [-0.05, 0) is 12.5 Å². The fourth-order valence-corrected chi connectivity index (χ4v) is 1.93. The Kier molecular flexibility index (Phi) is 2.78. The van der Waals surface area contributed by atoms with Gasteiger partial charge in [0.05, 0.1) is 4.92 Å². The van der Waals surface area contributed by atoms with E-state index in [2.05, 4.69) is 4.90 Å². The van der Waals surface area contributed by atoms with Crippen LogP contribution in [0.2, 0.25) is 0 Å². The minimum absolute atomic E-state index is 0.119. The first-order valence-corrected chi connectivity index (χ1v) is 5.22. The summed E-state index contributed by atoms with van der Waals surface area (Å²) in [6.45, 7) is 3.67. The fourth-order valence-electron chi connectivity index (χ4n) is 1.93. The summed E-state index contributed by atoms with van der Waals surface area (Å²) in [5.74, 6) is 0.304. The van der Waals surface area contributed by atoms with Gasteiger partial charge in [0.1, 0.15) is 0 Å². The largest absolute Gasteiger partial charge is 0.396 e. The molecule has 0 amide bonds. The van der Waals surface area contributed by atoms with E-state index in [0.29, 0.717) is 5.92 Å². The summed E-state index contributed by atoms with van der Waals surface area (Å²) in [4.78, 5) is 12.3. The lowest BCUT2D eigenvalue weighted by molar-refractivity contribution is -0.384. The van der Waals surface area contributed by atoms with Gasteiger partial charge < -0.3 is 10.0 Å². The zero-order chi connectivity index (χ0) is 11.7. The van der Waals surface area contributed by atoms with Crippen LogP contribution in [0.5, 0.6) is 0 Å². The van der Waals surface area contributed by atoms with Crippen molar-refractivity contribution in [2.24, 2.45) is 5.92 Å². The van der Waals surface area contributed by atoms with Crippen molar-refractivity contribution >= 4 is 11.4 Å². The van der Waals surface area contributed by atoms with Crippen molar-refractivity contribution in [3.63, 3.8) is 0 Å². The van der Waals surface area contributed by atoms with Crippen LogP contribution in [0.25, 0.3) is 0 Å². The number of nitrogens with zero attached hydrogens (tertiary/aromatic N) is 2. The molecule has 1 aliphatic rings. The normalized spacial score (nSPS) is 16.0. The summed E-state index contributed by atoms with van der Waals surface area (Å²) in [7, 11) is 0. The zero-order valence-electron chi connectivity index (χ0n) is 9.09. The number of rotatable bonds is 3. The van der Waals surface area contributed by atoms with Crippen molar-refractivity contribution in [2.75, 3.05) is 24.6 Å². The van der Waals surface area contributed by atoms with Crippen LogP contribution in [-0.4, -0.2) is 29.7 Å². The number of hydrogen-bond donors (Lipinski definition) is 1. The quantitative estimate of drug-likeness (QED) is 0.619. The lowest BCUT2D eigenvalue weighted by atomic mass is 9.99. The lowest BCUT2D eigenvalue weighted by Gasteiger charge is -2.40. The molecule has 0 spiro atoms. The summed E-state index contributed by atoms with van der Waals surface area (Å²) in [6, 6.07) is 4.88. The van der Waals surface area contributed by atoms with Crippen molar-refractivity contribution < 1.29 is 10.0 Å². The number of aliphatic hydroxyl groups excluding tert-OH is 1. The summed E-state index contributed by atoms with van der Waals surface area (Å²) < 4.78 is 0. The van der Waals surface area contributed by atoms with Gasteiger partial charge in [0.15, 0.2) is 0 Å². The maximum absolute atomic E-state index is 10.7. The van der Waals surface area contributed by atoms with Crippen LogP contribution in [0.15, 0.2) is 18.2 Å². The van der Waals surface area contributed by atoms with Crippen molar-refractivity contribution in [1.82, 2.24) is 0 Å². The van der Waals surface area contributed by atoms with E-state index in [1.54, 1.807) is 12.1 Å². The number of anilines is 1. The molecule has 16 heavy (non-hydrogen) atoms. The molecule has 1 saturated heterocycles. The van der Waals surface area contributed by atoms with Gasteiger partial charge in [-0.2, -0.15) is 0 Å². The number of aliphatic hydroxyl groups is 1. The summed E-state index contributed by atoms with van der Waals surface area (Å²) in [6.07, 6.45) is 0. The van der Waals surface area contributed by atoms with Gasteiger partial charge in [0.2, 0.25) is 0 Å². The number of aryl methyl sites for hydroxylation is 1. The molecule has 0 bridgehead atoms. The van der Waals surface area contributed by atoms with Gasteiger partial charge in [-0.15, -0.1) is 0 Å². The maximum atomic E-state index is 10.7. The third-order valence-corrected chi connectivity index (χ3v) is 2.96. The molecule has 1 N–H and O–H groups in total. The van der Waals surface area contributed by atoms with Gasteiger partial charge in [-0.25, -0.2) is 0 Å². The molecule has 0 aromatic heterocycles. The molecular weight excluding hydrogens is 208 g/mol. The smallest absolute Gasteiger partial charge is 0.271 e. The maximum Gasteiger partial charge on any atom is 0.271 e. The highest BCUT2D eigenvalue weighted by atomic mass is 16.6. The van der Waals surface area contributed by atoms with Gasteiger partial charge in [0, 0.05) is 43.4 Å². The van der Waals surface area contributed by atoms with Crippen LogP contribution >= 0.6 is 0 Å². The molecule has 0 saturated carbocycles. The molecular formula is C11H14N2O3. The predicted molar refractivity (Wildman–Crippen MR) is 60.6 cm³/mol. The Morgan fingerprint density at radius 3 is 2.81 bits per heavy atom. The van der Waals surface area contributed by atoms with Crippen LogP contribution in [0.4, 0.5) is 11.4 Å². The van der Waals surface area contributed by atoms with Crippen molar-refractivity contribution in [3.8, 4) is 0 Å². The Morgan fingerprint density at radius 2 is 2.25 bits per heavy atom. The van der Waals surface area contributed by atoms with E-state index in [0.717, 1.165) is 24.3 Å². The second kappa shape index (κ2) is 4.09. The first kappa shape index (κ1) is 10.9. The summed E-state index contributed by atoms with van der Waals surface area (Å²) >= 11 is 0. The second-order valence-electron chi connectivity index (χ2n) is 4.18. The lowest BCUT2D eigenvalue weighted by Crippen LogP contribution is -2.48. The molecule has 1 aromatic carbocycles. The first-order chi connectivity index (χ1) is 7.61. The number of non-ortho nitro benzene ring substituents is 1. The standard InChI is InChI=1S/C11H14N2O3/c1-8-2-3-10(13(15)16)4-11(8)12-5-9(6-12)7-14/h2-4,9,14H,5-7H2,1H3. The van der Waals surface area contributed by atoms with Gasteiger partial charge in [-0.3, -0.25) is 10.1 Å². The second-order valence-corrected chi connectivity index (χ2v) is 4.18. The molecule has 5 heteroatoms. The highest BCUT2D eigenvalue weighted by molar-refractivity contribution is 5.60. The number of nitro benzene ring substituents is 1. The van der Waals surface area contributed by atoms with Crippen molar-refractivity contribution in [2.45, 2.75) is 6.92 Å². The topological polar surface area (TPSA) is 66.6 Å². The van der Waals surface area contributed by atoms with E-state index in [4.69, 9.17) is 5.11 Å². The Labute approximate surface area is 93.5 Å². The molecule has 0 radical (unpaired) electrons. The fraction of sp³-hybridized carbons (Fsp3) is 0.455. The molecule has 2 rings (SSSR count). The molecule has 0 unspecified atom stereocenters. The average Bonchev–Trinajstić information content (AvgIpc) is 2.18. The third-order valence-electron chi connectivity index (χ3n) is 2.96.